The van der Waals surface area contributed by atoms with Crippen LogP contribution in [0.2, 0.25) is 0 Å². The van der Waals surface area contributed by atoms with Gasteiger partial charge >= 0.3 is 0 Å². The number of aliphatic hydroxyl groups excluding tert-OH is 1. The topological polar surface area (TPSA) is 48.4 Å². The molecule has 0 bridgehead atoms. The first kappa shape index (κ1) is 14.0. The summed E-state index contributed by atoms with van der Waals surface area (Å²) in [7, 11) is 0. The van der Waals surface area contributed by atoms with Crippen molar-refractivity contribution in [3.05, 3.63) is 17.7 Å². The second-order valence-corrected chi connectivity index (χ2v) is 4.79. The molecular weight excluding hydrogens is 252 g/mol. The average Bonchev–Trinajstić information content (AvgIpc) is 2.38. The Balaban J connectivity index is 2.23. The third-order valence-corrected chi connectivity index (χ3v) is 3.15. The fourth-order valence-electron chi connectivity index (χ4n) is 2.19. The molecule has 1 aromatic rings. The van der Waals surface area contributed by atoms with Gasteiger partial charge in [-0.15, -0.1) is 0 Å². The van der Waals surface area contributed by atoms with Gasteiger partial charge in [0.2, 0.25) is 0 Å². The van der Waals surface area contributed by atoms with Crippen molar-refractivity contribution < 1.29 is 13.9 Å². The lowest BCUT2D eigenvalue weighted by Crippen LogP contribution is -2.39. The fraction of sp³-hybridized carbons (Fsp3) is 0.615. The van der Waals surface area contributed by atoms with Gasteiger partial charge in [0.1, 0.15) is 0 Å². The van der Waals surface area contributed by atoms with Crippen LogP contribution in [0.5, 0.6) is 0 Å². The molecule has 4 nitrogen and oxygen atoms in total. The Morgan fingerprint density at radius 2 is 2.26 bits per heavy atom. The van der Waals surface area contributed by atoms with E-state index in [0.29, 0.717) is 26.1 Å². The average molecular weight is 271 g/mol. The number of piperidine rings is 1. The summed E-state index contributed by atoms with van der Waals surface area (Å²) in [6.45, 7) is 3.50. The summed E-state index contributed by atoms with van der Waals surface area (Å²) in [6.07, 6.45) is 1.83. The van der Waals surface area contributed by atoms with E-state index in [9.17, 15) is 13.9 Å². The van der Waals surface area contributed by atoms with Crippen LogP contribution in [0.1, 0.15) is 26.2 Å². The number of pyridine rings is 1. The third-order valence-electron chi connectivity index (χ3n) is 3.15. The van der Waals surface area contributed by atoms with Gasteiger partial charge in [-0.25, -0.2) is 13.8 Å². The largest absolute Gasteiger partial charge is 0.391 e. The second-order valence-electron chi connectivity index (χ2n) is 4.79. The van der Waals surface area contributed by atoms with Crippen molar-refractivity contribution in [3.8, 4) is 0 Å². The summed E-state index contributed by atoms with van der Waals surface area (Å²) in [6, 6.07) is 0.849. The van der Waals surface area contributed by atoms with Crippen molar-refractivity contribution in [1.29, 1.82) is 0 Å². The van der Waals surface area contributed by atoms with Crippen molar-refractivity contribution in [2.75, 3.05) is 29.9 Å². The zero-order valence-electron chi connectivity index (χ0n) is 11.0. The number of rotatable bonds is 4. The quantitative estimate of drug-likeness (QED) is 0.881. The maximum atomic E-state index is 13.8. The van der Waals surface area contributed by atoms with E-state index in [2.05, 4.69) is 10.3 Å². The SMILES string of the molecule is CCCNc1nc(N2CCCC(O)C2)c(F)cc1F. The van der Waals surface area contributed by atoms with Crippen LogP contribution in [-0.4, -0.2) is 35.8 Å². The minimum absolute atomic E-state index is 0.0679. The summed E-state index contributed by atoms with van der Waals surface area (Å²) in [5.74, 6) is -1.20. The highest BCUT2D eigenvalue weighted by Crippen LogP contribution is 2.25. The number of aliphatic hydroxyl groups is 1. The van der Waals surface area contributed by atoms with Crippen LogP contribution in [0.4, 0.5) is 20.4 Å². The molecule has 1 fully saturated rings. The van der Waals surface area contributed by atoms with E-state index in [-0.39, 0.29) is 11.6 Å². The highest BCUT2D eigenvalue weighted by atomic mass is 19.1. The molecule has 2 N–H and O–H groups in total. The first-order valence-electron chi connectivity index (χ1n) is 6.64. The van der Waals surface area contributed by atoms with Crippen LogP contribution in [-0.2, 0) is 0 Å². The first-order valence-corrected chi connectivity index (χ1v) is 6.64. The number of aromatic nitrogens is 1. The number of β-amino-alcohol motifs (C(OH)–C–C–N with tert-alkyl or cyclic N) is 1. The molecule has 1 atom stereocenters. The standard InChI is InChI=1S/C13H19F2N3O/c1-2-5-16-12-10(14)7-11(15)13(17-12)18-6-3-4-9(19)8-18/h7,9,19H,2-6,8H2,1H3,(H,16,17). The zero-order chi connectivity index (χ0) is 13.8. The minimum atomic E-state index is -0.688. The van der Waals surface area contributed by atoms with Gasteiger partial charge in [0.15, 0.2) is 23.3 Å². The van der Waals surface area contributed by atoms with E-state index < -0.39 is 17.7 Å². The number of hydrogen-bond donors (Lipinski definition) is 2. The molecule has 6 heteroatoms. The lowest BCUT2D eigenvalue weighted by molar-refractivity contribution is 0.153. The van der Waals surface area contributed by atoms with Gasteiger partial charge in [0.25, 0.3) is 0 Å². The number of halogens is 2. The van der Waals surface area contributed by atoms with E-state index in [1.165, 1.54) is 0 Å². The maximum absolute atomic E-state index is 13.8. The van der Waals surface area contributed by atoms with E-state index in [1.807, 2.05) is 6.92 Å². The van der Waals surface area contributed by atoms with Crippen LogP contribution >= 0.6 is 0 Å². The van der Waals surface area contributed by atoms with Gasteiger partial charge in [-0.05, 0) is 19.3 Å². The third kappa shape index (κ3) is 3.32. The molecule has 1 saturated heterocycles. The van der Waals surface area contributed by atoms with E-state index in [0.717, 1.165) is 18.9 Å². The number of anilines is 2. The molecule has 0 radical (unpaired) electrons. The molecule has 0 aromatic carbocycles. The summed E-state index contributed by atoms with van der Waals surface area (Å²) in [5, 5.41) is 12.5. The number of hydrogen-bond acceptors (Lipinski definition) is 4. The molecule has 0 spiro atoms. The maximum Gasteiger partial charge on any atom is 0.168 e. The van der Waals surface area contributed by atoms with Crippen LogP contribution in [0.3, 0.4) is 0 Å². The van der Waals surface area contributed by atoms with Crippen molar-refractivity contribution in [2.24, 2.45) is 0 Å². The molecule has 0 amide bonds. The highest BCUT2D eigenvalue weighted by Gasteiger charge is 2.23. The molecule has 19 heavy (non-hydrogen) atoms. The first-order chi connectivity index (χ1) is 9.11. The Bertz CT molecular complexity index is 442. The fourth-order valence-corrected chi connectivity index (χ4v) is 2.19. The monoisotopic (exact) mass is 271 g/mol. The molecule has 1 aliphatic heterocycles. The molecule has 0 saturated carbocycles. The predicted octanol–water partition coefficient (Wildman–Crippen LogP) is 2.14. The summed E-state index contributed by atoms with van der Waals surface area (Å²) >= 11 is 0. The van der Waals surface area contributed by atoms with Crippen LogP contribution < -0.4 is 10.2 Å². The molecule has 0 aliphatic carbocycles. The Labute approximate surface area is 111 Å². The van der Waals surface area contributed by atoms with Gasteiger partial charge in [-0.2, -0.15) is 0 Å². The van der Waals surface area contributed by atoms with Crippen molar-refractivity contribution in [1.82, 2.24) is 4.98 Å². The summed E-state index contributed by atoms with van der Waals surface area (Å²) < 4.78 is 27.4. The van der Waals surface area contributed by atoms with E-state index in [1.54, 1.807) is 4.90 Å². The Morgan fingerprint density at radius 3 is 2.95 bits per heavy atom. The Hall–Kier alpha value is -1.43. The minimum Gasteiger partial charge on any atom is -0.391 e. The molecule has 106 valence electrons. The van der Waals surface area contributed by atoms with Crippen LogP contribution in [0.15, 0.2) is 6.07 Å². The predicted molar refractivity (Wildman–Crippen MR) is 70.4 cm³/mol. The molecular formula is C13H19F2N3O. The summed E-state index contributed by atoms with van der Waals surface area (Å²) in [4.78, 5) is 5.69. The molecule has 1 aromatic heterocycles. The number of nitrogens with zero attached hydrogens (tertiary/aromatic N) is 2. The highest BCUT2D eigenvalue weighted by molar-refractivity contribution is 5.49. The lowest BCUT2D eigenvalue weighted by Gasteiger charge is -2.31. The van der Waals surface area contributed by atoms with Gasteiger partial charge in [0.05, 0.1) is 6.10 Å². The van der Waals surface area contributed by atoms with Gasteiger partial charge in [0, 0.05) is 25.7 Å². The van der Waals surface area contributed by atoms with Gasteiger partial charge in [-0.3, -0.25) is 0 Å². The second kappa shape index (κ2) is 6.14. The van der Waals surface area contributed by atoms with Crippen molar-refractivity contribution >= 4 is 11.6 Å². The molecule has 2 heterocycles. The molecule has 1 unspecified atom stereocenters. The van der Waals surface area contributed by atoms with Gasteiger partial charge in [-0.1, -0.05) is 6.92 Å². The molecule has 2 rings (SSSR count). The van der Waals surface area contributed by atoms with E-state index >= 15 is 0 Å². The van der Waals surface area contributed by atoms with Crippen LogP contribution in [0.25, 0.3) is 0 Å². The van der Waals surface area contributed by atoms with Crippen LogP contribution in [0, 0.1) is 11.6 Å². The molecule has 1 aliphatic rings. The van der Waals surface area contributed by atoms with Crippen molar-refractivity contribution in [2.45, 2.75) is 32.3 Å². The van der Waals surface area contributed by atoms with Gasteiger partial charge < -0.3 is 15.3 Å². The normalized spacial score (nSPS) is 19.6. The van der Waals surface area contributed by atoms with Crippen molar-refractivity contribution in [3.63, 3.8) is 0 Å². The number of nitrogens with one attached hydrogen (secondary N) is 1. The smallest absolute Gasteiger partial charge is 0.168 e. The lowest BCUT2D eigenvalue weighted by atomic mass is 10.1. The Kier molecular flexibility index (Phi) is 4.52. The summed E-state index contributed by atoms with van der Waals surface area (Å²) in [5.41, 5.74) is 0. The Morgan fingerprint density at radius 1 is 1.47 bits per heavy atom. The zero-order valence-corrected chi connectivity index (χ0v) is 11.0. The van der Waals surface area contributed by atoms with E-state index in [4.69, 9.17) is 0 Å².